The van der Waals surface area contributed by atoms with Crippen LogP contribution in [0.15, 0.2) is 48.5 Å². The smallest absolute Gasteiger partial charge is 0.261 e. The summed E-state index contributed by atoms with van der Waals surface area (Å²) in [5.41, 5.74) is 4.36. The van der Waals surface area contributed by atoms with Crippen molar-refractivity contribution in [3.63, 3.8) is 0 Å². The molecule has 0 N–H and O–H groups in total. The number of aryl methyl sites for hydroxylation is 2. The Morgan fingerprint density at radius 1 is 0.319 bits per heavy atom. The molecule has 0 saturated carbocycles. The lowest BCUT2D eigenvalue weighted by Crippen LogP contribution is -2.43. The third kappa shape index (κ3) is 16.5. The summed E-state index contributed by atoms with van der Waals surface area (Å²) in [6.07, 6.45) is 50.1. The van der Waals surface area contributed by atoms with Crippen molar-refractivity contribution in [1.29, 1.82) is 0 Å². The number of benzene rings is 5. The first kappa shape index (κ1) is 69.1. The summed E-state index contributed by atoms with van der Waals surface area (Å²) in [6.45, 7) is 14.3. The molecule has 2 unspecified atom stereocenters. The minimum atomic E-state index is -0.184. The molecule has 5 aromatic carbocycles. The van der Waals surface area contributed by atoms with Crippen LogP contribution in [0.25, 0.3) is 72.3 Å². The highest BCUT2D eigenvalue weighted by Gasteiger charge is 2.40. The second-order valence-corrected chi connectivity index (χ2v) is 31.8. The Kier molecular flexibility index (Phi) is 26.3. The summed E-state index contributed by atoms with van der Waals surface area (Å²) in [6, 6.07) is 17.1. The van der Waals surface area contributed by atoms with Crippen LogP contribution in [0.1, 0.15) is 336 Å². The number of amides is 4. The van der Waals surface area contributed by atoms with Gasteiger partial charge in [0.15, 0.2) is 0 Å². The van der Waals surface area contributed by atoms with Crippen LogP contribution in [0, 0.1) is 25.7 Å². The van der Waals surface area contributed by atoms with Gasteiger partial charge >= 0.3 is 0 Å². The third-order valence-electron chi connectivity index (χ3n) is 21.2. The lowest BCUT2D eigenvalue weighted by Gasteiger charge is -2.33. The van der Waals surface area contributed by atoms with Gasteiger partial charge in [-0.1, -0.05) is 271 Å². The van der Waals surface area contributed by atoms with Crippen LogP contribution >= 0.6 is 34.0 Å². The van der Waals surface area contributed by atoms with Crippen molar-refractivity contribution in [1.82, 2.24) is 9.80 Å². The van der Waals surface area contributed by atoms with Crippen LogP contribution in [0.4, 0.5) is 0 Å². The highest BCUT2D eigenvalue weighted by Crippen LogP contribution is 2.53. The van der Waals surface area contributed by atoms with Crippen molar-refractivity contribution in [3.8, 4) is 10.4 Å². The molecular formula is C82H112N2O4S3. The second-order valence-electron chi connectivity index (χ2n) is 28.4. The first-order valence-corrected chi connectivity index (χ1v) is 39.9. The topological polar surface area (TPSA) is 74.8 Å². The van der Waals surface area contributed by atoms with Gasteiger partial charge in [-0.15, -0.1) is 34.0 Å². The van der Waals surface area contributed by atoms with Crippen molar-refractivity contribution in [2.45, 2.75) is 298 Å². The first-order chi connectivity index (χ1) is 44.6. The number of thiophene rings is 3. The molecule has 0 aliphatic carbocycles. The SMILES string of the molecule is CCCCCCCCCCCCC(CCCCCCCCCC)CN1C(=O)c2ccc3c4c(-c5cc6sc7cc(C)sc7c6s5)cc5c6c(ccc(c7c(C)cc(c2c37)C1=O)c64)C(=O)N(CC(CCCCCCCCCC)CCCCCCCCCCCC)C5=O. The average Bonchev–Trinajstić information content (AvgIpc) is 1.54. The Balaban J connectivity index is 0.977. The van der Waals surface area contributed by atoms with Crippen LogP contribution in [0.2, 0.25) is 0 Å². The van der Waals surface area contributed by atoms with Gasteiger partial charge in [-0.2, -0.15) is 0 Å². The van der Waals surface area contributed by atoms with Gasteiger partial charge in [-0.25, -0.2) is 0 Å². The predicted molar refractivity (Wildman–Crippen MR) is 396 cm³/mol. The number of carbonyl (C=O) groups excluding carboxylic acids is 4. The standard InChI is InChI=1S/C82H112N2O4S3/c1-7-11-15-19-23-27-29-33-37-41-44-59(43-39-35-31-25-21-17-13-9-3)55-83-79(85)63-50-48-62-72-65(68-54-70-78(91-68)77-69(90-70)52-58(6)89-77)53-67-74-64(49-47-61(76(72)74)71-57(5)51-66(81(83)87)73(63)75(62)71)80(86)84(82(67)88)56-60(45-40-36-32-26-22-18-14-10-4)46-42-38-34-30-28-24-20-16-12-8-2/h47-54,59-60H,7-46,55-56H2,1-6H3. The van der Waals surface area contributed by atoms with Crippen molar-refractivity contribution in [2.24, 2.45) is 11.8 Å². The monoisotopic (exact) mass is 1280 g/mol. The second kappa shape index (κ2) is 34.6. The molecule has 5 heterocycles. The molecular weight excluding hydrogens is 1170 g/mol. The Morgan fingerprint density at radius 3 is 1.08 bits per heavy atom. The largest absolute Gasteiger partial charge is 0.274 e. The van der Waals surface area contributed by atoms with Crippen molar-refractivity contribution >= 4 is 120 Å². The zero-order valence-corrected chi connectivity index (χ0v) is 59.7. The Labute approximate surface area is 559 Å². The predicted octanol–water partition coefficient (Wildman–Crippen LogP) is 26.6. The number of hydrogen-bond acceptors (Lipinski definition) is 7. The Morgan fingerprint density at radius 2 is 0.659 bits per heavy atom. The number of hydrogen-bond donors (Lipinski definition) is 0. The summed E-state index contributed by atoms with van der Waals surface area (Å²) in [5, 5.41) is 7.27. The maximum Gasteiger partial charge on any atom is 0.261 e. The van der Waals surface area contributed by atoms with E-state index in [0.29, 0.717) is 35.3 Å². The van der Waals surface area contributed by atoms with Gasteiger partial charge in [-0.05, 0) is 126 Å². The fourth-order valence-electron chi connectivity index (χ4n) is 16.0. The van der Waals surface area contributed by atoms with Gasteiger partial charge in [0.05, 0.1) is 9.40 Å². The molecule has 10 rings (SSSR count). The molecule has 3 aromatic heterocycles. The molecule has 91 heavy (non-hydrogen) atoms. The molecule has 2 atom stereocenters. The van der Waals surface area contributed by atoms with Crippen molar-refractivity contribution in [2.75, 3.05) is 13.1 Å². The van der Waals surface area contributed by atoms with Crippen molar-refractivity contribution < 1.29 is 19.2 Å². The van der Waals surface area contributed by atoms with E-state index in [0.717, 1.165) is 110 Å². The van der Waals surface area contributed by atoms with Crippen LogP contribution in [0.3, 0.4) is 0 Å². The zero-order valence-electron chi connectivity index (χ0n) is 57.2. The van der Waals surface area contributed by atoms with Crippen molar-refractivity contribution in [3.05, 3.63) is 81.2 Å². The molecule has 6 nitrogen and oxygen atoms in total. The molecule has 0 spiro atoms. The zero-order chi connectivity index (χ0) is 63.6. The molecule has 2 aliphatic rings. The van der Waals surface area contributed by atoms with Gasteiger partial charge < -0.3 is 0 Å². The van der Waals surface area contributed by atoms with Gasteiger partial charge in [0.25, 0.3) is 23.6 Å². The number of imide groups is 2. The normalized spacial score (nSPS) is 14.3. The molecule has 0 bridgehead atoms. The van der Waals surface area contributed by atoms with E-state index < -0.39 is 0 Å². The van der Waals surface area contributed by atoms with E-state index in [-0.39, 0.29) is 35.5 Å². The summed E-state index contributed by atoms with van der Waals surface area (Å²) >= 11 is 5.49. The van der Waals surface area contributed by atoms with E-state index in [9.17, 15) is 0 Å². The van der Waals surface area contributed by atoms with Crippen LogP contribution in [0.5, 0.6) is 0 Å². The van der Waals surface area contributed by atoms with Crippen LogP contribution in [-0.2, 0) is 0 Å². The summed E-state index contributed by atoms with van der Waals surface area (Å²) < 4.78 is 5.14. The Hall–Kier alpha value is -4.70. The number of unbranched alkanes of at least 4 members (excludes halogenated alkanes) is 32. The van der Waals surface area contributed by atoms with E-state index in [1.807, 2.05) is 34.8 Å². The van der Waals surface area contributed by atoms with Gasteiger partial charge in [0.1, 0.15) is 0 Å². The lowest BCUT2D eigenvalue weighted by atomic mass is 9.79. The van der Waals surface area contributed by atoms with E-state index in [2.05, 4.69) is 77.9 Å². The average molecular weight is 1290 g/mol. The minimum Gasteiger partial charge on any atom is -0.274 e. The first-order valence-electron chi connectivity index (χ1n) is 37.5. The fourth-order valence-corrected chi connectivity index (χ4v) is 20.0. The highest BCUT2D eigenvalue weighted by atomic mass is 32.1. The van der Waals surface area contributed by atoms with E-state index in [4.69, 9.17) is 0 Å². The third-order valence-corrected chi connectivity index (χ3v) is 24.9. The number of fused-ring (bicyclic) bond motifs is 5. The van der Waals surface area contributed by atoms with E-state index >= 15 is 19.2 Å². The quantitative estimate of drug-likeness (QED) is 0.0165. The van der Waals surface area contributed by atoms with Gasteiger partial charge in [0, 0.05) is 70.8 Å². The summed E-state index contributed by atoms with van der Waals surface area (Å²) in [4.78, 5) is 67.6. The molecule has 492 valence electrons. The van der Waals surface area contributed by atoms with Gasteiger partial charge in [-0.3, -0.25) is 29.0 Å². The highest BCUT2D eigenvalue weighted by molar-refractivity contribution is 7.39. The van der Waals surface area contributed by atoms with Crippen LogP contribution < -0.4 is 0 Å². The van der Waals surface area contributed by atoms with E-state index in [1.54, 1.807) is 21.1 Å². The minimum absolute atomic E-state index is 0.177. The molecule has 0 radical (unpaired) electrons. The number of rotatable bonds is 45. The maximum atomic E-state index is 15.7. The molecule has 4 amide bonds. The van der Waals surface area contributed by atoms with Gasteiger partial charge in [0.2, 0.25) is 0 Å². The maximum absolute atomic E-state index is 15.7. The lowest BCUT2D eigenvalue weighted by molar-refractivity contribution is 0.0563. The Bertz CT molecular complexity index is 3690. The fraction of sp³-hybridized carbons (Fsp3) is 0.610. The molecule has 0 saturated heterocycles. The summed E-state index contributed by atoms with van der Waals surface area (Å²) in [5.74, 6) is -0.215. The van der Waals surface area contributed by atoms with E-state index in [1.165, 1.54) is 229 Å². The molecule has 8 aromatic rings. The number of nitrogens with zero attached hydrogens (tertiary/aromatic N) is 2. The molecule has 0 fully saturated rings. The number of carbonyl (C=O) groups is 4. The molecule has 2 aliphatic heterocycles. The summed E-state index contributed by atoms with van der Waals surface area (Å²) in [7, 11) is 0. The molecule has 9 heteroatoms. The van der Waals surface area contributed by atoms with Crippen LogP contribution in [-0.4, -0.2) is 46.5 Å².